The zero-order valence-electron chi connectivity index (χ0n) is 18.4. The van der Waals surface area contributed by atoms with E-state index in [4.69, 9.17) is 9.47 Å². The van der Waals surface area contributed by atoms with Crippen LogP contribution in [0, 0.1) is 5.92 Å². The van der Waals surface area contributed by atoms with Crippen LogP contribution in [0.2, 0.25) is 0 Å². The molecule has 0 heterocycles. The van der Waals surface area contributed by atoms with Gasteiger partial charge >= 0.3 is 11.9 Å². The van der Waals surface area contributed by atoms with Gasteiger partial charge in [0, 0.05) is 28.2 Å². The summed E-state index contributed by atoms with van der Waals surface area (Å²) < 4.78 is 11.6. The first kappa shape index (κ1) is 24.0. The van der Waals surface area contributed by atoms with Crippen LogP contribution in [0.3, 0.4) is 0 Å². The Morgan fingerprint density at radius 2 is 1.69 bits per heavy atom. The van der Waals surface area contributed by atoms with Gasteiger partial charge in [0.2, 0.25) is 0 Å². The normalized spacial score (nSPS) is 22.9. The van der Waals surface area contributed by atoms with E-state index in [1.54, 1.807) is 20.8 Å². The van der Waals surface area contributed by atoms with E-state index < -0.39 is 29.4 Å². The summed E-state index contributed by atoms with van der Waals surface area (Å²) in [5, 5.41) is 14.7. The van der Waals surface area contributed by atoms with Gasteiger partial charge in [-0.15, -0.1) is 0 Å². The topological polar surface area (TPSA) is 84.9 Å². The van der Waals surface area contributed by atoms with Crippen LogP contribution < -0.4 is 5.32 Å². The van der Waals surface area contributed by atoms with Crippen molar-refractivity contribution < 1.29 is 24.2 Å². The molecule has 0 aromatic heterocycles. The zero-order valence-corrected chi connectivity index (χ0v) is 20.0. The molecule has 2 aromatic carbocycles. The lowest BCUT2D eigenvalue weighted by molar-refractivity contribution is -0.159. The molecule has 7 heteroatoms. The van der Waals surface area contributed by atoms with Crippen LogP contribution in [0.5, 0.6) is 0 Å². The summed E-state index contributed by atoms with van der Waals surface area (Å²) in [4.78, 5) is 26.3. The first-order valence-electron chi connectivity index (χ1n) is 10.6. The van der Waals surface area contributed by atoms with E-state index in [9.17, 15) is 14.7 Å². The van der Waals surface area contributed by atoms with E-state index in [1.807, 2.05) is 54.6 Å². The number of ether oxygens (including phenoxy) is 2. The zero-order chi connectivity index (χ0) is 23.3. The van der Waals surface area contributed by atoms with E-state index in [1.165, 1.54) is 0 Å². The second kappa shape index (κ2) is 10.3. The summed E-state index contributed by atoms with van der Waals surface area (Å²) in [6.07, 6.45) is 0.0595. The second-order valence-corrected chi connectivity index (χ2v) is 8.81. The number of anilines is 1. The molecule has 170 valence electrons. The molecular formula is C25H28BrNO5. The van der Waals surface area contributed by atoms with Gasteiger partial charge < -0.3 is 19.9 Å². The lowest BCUT2D eigenvalue weighted by Gasteiger charge is -2.43. The fourth-order valence-corrected chi connectivity index (χ4v) is 4.46. The molecule has 0 fully saturated rings. The van der Waals surface area contributed by atoms with Crippen molar-refractivity contribution >= 4 is 33.6 Å². The standard InChI is InChI=1S/C25H28BrNO5/c1-4-31-23(28)21-19(27-18-13-11-17(26)12-14-18)15-25(3,30)22(24(29)32-5-2)20(21)16-9-7-6-8-10-16/h6-14,20,22,27,30H,4-5,15H2,1-3H3/t20-,22-,25-/m0/s1. The number of nitrogens with one attached hydrogen (secondary N) is 1. The van der Waals surface area contributed by atoms with Crippen molar-refractivity contribution in [3.63, 3.8) is 0 Å². The number of carbonyl (C=O) groups is 2. The minimum atomic E-state index is -1.46. The Labute approximate surface area is 196 Å². The van der Waals surface area contributed by atoms with E-state index in [0.717, 1.165) is 15.7 Å². The highest BCUT2D eigenvalue weighted by molar-refractivity contribution is 9.10. The first-order valence-corrected chi connectivity index (χ1v) is 11.4. The fraction of sp³-hybridized carbons (Fsp3) is 0.360. The molecule has 32 heavy (non-hydrogen) atoms. The number of hydrogen-bond acceptors (Lipinski definition) is 6. The van der Waals surface area contributed by atoms with Crippen molar-refractivity contribution in [1.82, 2.24) is 0 Å². The first-order chi connectivity index (χ1) is 15.3. The molecular weight excluding hydrogens is 474 g/mol. The Hall–Kier alpha value is -2.64. The van der Waals surface area contributed by atoms with E-state index in [0.29, 0.717) is 11.3 Å². The minimum Gasteiger partial charge on any atom is -0.466 e. The molecule has 2 N–H and O–H groups in total. The Balaban J connectivity index is 2.21. The number of halogens is 1. The summed E-state index contributed by atoms with van der Waals surface area (Å²) in [5.74, 6) is -2.78. The lowest BCUT2D eigenvalue weighted by Crippen LogP contribution is -2.49. The molecule has 0 saturated carbocycles. The van der Waals surface area contributed by atoms with Gasteiger partial charge in [-0.1, -0.05) is 46.3 Å². The molecule has 2 aromatic rings. The number of rotatable bonds is 7. The summed E-state index contributed by atoms with van der Waals surface area (Å²) in [5.41, 5.74) is 0.863. The average molecular weight is 502 g/mol. The lowest BCUT2D eigenvalue weighted by atomic mass is 9.66. The van der Waals surface area contributed by atoms with Crippen LogP contribution in [0.15, 0.2) is 70.3 Å². The molecule has 1 aliphatic rings. The van der Waals surface area contributed by atoms with Gasteiger partial charge in [0.25, 0.3) is 0 Å². The van der Waals surface area contributed by atoms with E-state index in [-0.39, 0.29) is 19.6 Å². The summed E-state index contributed by atoms with van der Waals surface area (Å²) in [7, 11) is 0. The minimum absolute atomic E-state index is 0.0595. The SMILES string of the molecule is CCOC(=O)C1=C(Nc2ccc(Br)cc2)C[C@](C)(O)[C@H](C(=O)OCC)[C@H]1c1ccccc1. The largest absolute Gasteiger partial charge is 0.466 e. The van der Waals surface area contributed by atoms with Gasteiger partial charge in [-0.25, -0.2) is 4.79 Å². The number of benzene rings is 2. The quantitative estimate of drug-likeness (QED) is 0.530. The average Bonchev–Trinajstić information content (AvgIpc) is 2.75. The maximum absolute atomic E-state index is 13.2. The molecule has 0 unspecified atom stereocenters. The van der Waals surface area contributed by atoms with Crippen LogP contribution in [-0.4, -0.2) is 35.9 Å². The van der Waals surface area contributed by atoms with Crippen LogP contribution in [0.25, 0.3) is 0 Å². The van der Waals surface area contributed by atoms with Crippen molar-refractivity contribution in [2.75, 3.05) is 18.5 Å². The molecule has 0 aliphatic heterocycles. The highest BCUT2D eigenvalue weighted by Crippen LogP contribution is 2.48. The number of hydrogen-bond donors (Lipinski definition) is 2. The third kappa shape index (κ3) is 5.22. The Bertz CT molecular complexity index is 985. The van der Waals surface area contributed by atoms with Crippen molar-refractivity contribution in [1.29, 1.82) is 0 Å². The predicted molar refractivity (Wildman–Crippen MR) is 126 cm³/mol. The summed E-state index contributed by atoms with van der Waals surface area (Å²) in [6.45, 7) is 5.43. The molecule has 0 spiro atoms. The molecule has 0 amide bonds. The smallest absolute Gasteiger partial charge is 0.336 e. The number of aliphatic hydroxyl groups is 1. The molecule has 3 atom stereocenters. The van der Waals surface area contributed by atoms with Crippen molar-refractivity contribution in [2.24, 2.45) is 5.92 Å². The number of carbonyl (C=O) groups excluding carboxylic acids is 2. The predicted octanol–water partition coefficient (Wildman–Crippen LogP) is 4.80. The summed E-state index contributed by atoms with van der Waals surface area (Å²) >= 11 is 3.42. The van der Waals surface area contributed by atoms with Crippen LogP contribution in [0.1, 0.15) is 38.7 Å². The van der Waals surface area contributed by atoms with Gasteiger partial charge in [-0.3, -0.25) is 4.79 Å². The van der Waals surface area contributed by atoms with Gasteiger partial charge in [0.1, 0.15) is 0 Å². The van der Waals surface area contributed by atoms with Gasteiger partial charge in [-0.05, 0) is 50.6 Å². The van der Waals surface area contributed by atoms with Gasteiger partial charge in [0.05, 0.1) is 30.3 Å². The Kier molecular flexibility index (Phi) is 7.74. The maximum Gasteiger partial charge on any atom is 0.336 e. The van der Waals surface area contributed by atoms with Crippen molar-refractivity contribution in [3.8, 4) is 0 Å². The summed E-state index contributed by atoms with van der Waals surface area (Å²) in [6, 6.07) is 16.7. The van der Waals surface area contributed by atoms with Gasteiger partial charge in [-0.2, -0.15) is 0 Å². The Morgan fingerprint density at radius 1 is 1.06 bits per heavy atom. The van der Waals surface area contributed by atoms with Crippen LogP contribution >= 0.6 is 15.9 Å². The molecule has 6 nitrogen and oxygen atoms in total. The molecule has 1 aliphatic carbocycles. The van der Waals surface area contributed by atoms with E-state index in [2.05, 4.69) is 21.2 Å². The second-order valence-electron chi connectivity index (χ2n) is 7.90. The van der Waals surface area contributed by atoms with Crippen LogP contribution in [0.4, 0.5) is 5.69 Å². The fourth-order valence-electron chi connectivity index (χ4n) is 4.20. The maximum atomic E-state index is 13.2. The van der Waals surface area contributed by atoms with Crippen molar-refractivity contribution in [3.05, 3.63) is 75.9 Å². The Morgan fingerprint density at radius 3 is 2.28 bits per heavy atom. The molecule has 0 radical (unpaired) electrons. The van der Waals surface area contributed by atoms with Crippen molar-refractivity contribution in [2.45, 2.75) is 38.7 Å². The molecule has 0 bridgehead atoms. The highest BCUT2D eigenvalue weighted by atomic mass is 79.9. The molecule has 0 saturated heterocycles. The third-order valence-electron chi connectivity index (χ3n) is 5.51. The van der Waals surface area contributed by atoms with E-state index >= 15 is 0 Å². The highest BCUT2D eigenvalue weighted by Gasteiger charge is 2.52. The monoisotopic (exact) mass is 501 g/mol. The third-order valence-corrected chi connectivity index (χ3v) is 6.04. The van der Waals surface area contributed by atoms with Gasteiger partial charge in [0.15, 0.2) is 0 Å². The number of esters is 2. The van der Waals surface area contributed by atoms with Crippen LogP contribution in [-0.2, 0) is 19.1 Å². The molecule has 3 rings (SSSR count).